The number of aliphatic hydroxyl groups is 2. The van der Waals surface area contributed by atoms with E-state index in [0.717, 1.165) is 57.2 Å². The molecule has 0 unspecified atom stereocenters. The first-order valence-electron chi connectivity index (χ1n) is 7.87. The van der Waals surface area contributed by atoms with E-state index in [1.165, 1.54) is 0 Å². The van der Waals surface area contributed by atoms with Crippen LogP contribution < -0.4 is 5.73 Å². The average molecular weight is 293 g/mol. The van der Waals surface area contributed by atoms with E-state index < -0.39 is 5.60 Å². The molecule has 4 N–H and O–H groups in total. The summed E-state index contributed by atoms with van der Waals surface area (Å²) >= 11 is 0. The number of hydrogen-bond donors (Lipinski definition) is 3. The van der Waals surface area contributed by atoms with E-state index in [1.807, 2.05) is 12.1 Å². The largest absolute Gasteiger partial charge is 0.395 e. The van der Waals surface area contributed by atoms with Crippen LogP contribution in [0.1, 0.15) is 37.7 Å². The molecule has 1 aromatic rings. The van der Waals surface area contributed by atoms with Crippen LogP contribution in [0.2, 0.25) is 0 Å². The lowest BCUT2D eigenvalue weighted by Gasteiger charge is -2.27. The van der Waals surface area contributed by atoms with Gasteiger partial charge in [0.1, 0.15) is 5.82 Å². The first-order chi connectivity index (χ1) is 10.1. The van der Waals surface area contributed by atoms with Crippen molar-refractivity contribution in [3.05, 3.63) is 23.9 Å². The number of rotatable bonds is 8. The van der Waals surface area contributed by atoms with E-state index in [0.29, 0.717) is 12.4 Å². The Morgan fingerprint density at radius 3 is 2.57 bits per heavy atom. The van der Waals surface area contributed by atoms with Crippen molar-refractivity contribution in [2.24, 2.45) is 0 Å². The molecule has 1 fully saturated rings. The van der Waals surface area contributed by atoms with Gasteiger partial charge in [-0.25, -0.2) is 4.98 Å². The summed E-state index contributed by atoms with van der Waals surface area (Å²) in [4.78, 5) is 6.31. The summed E-state index contributed by atoms with van der Waals surface area (Å²) in [6.07, 6.45) is 7.58. The Morgan fingerprint density at radius 2 is 1.95 bits per heavy atom. The van der Waals surface area contributed by atoms with Crippen LogP contribution in [0.15, 0.2) is 18.3 Å². The van der Waals surface area contributed by atoms with Gasteiger partial charge in [0.25, 0.3) is 0 Å². The third-order valence-corrected chi connectivity index (χ3v) is 4.41. The number of aliphatic hydroxyl groups excluding tert-OH is 1. The Kier molecular flexibility index (Phi) is 5.96. The lowest BCUT2D eigenvalue weighted by molar-refractivity contribution is 0.0264. The summed E-state index contributed by atoms with van der Waals surface area (Å²) in [5.41, 5.74) is 6.25. The molecule has 1 aliphatic carbocycles. The van der Waals surface area contributed by atoms with E-state index in [-0.39, 0.29) is 6.61 Å². The number of aromatic nitrogens is 1. The predicted molar refractivity (Wildman–Crippen MR) is 83.9 cm³/mol. The van der Waals surface area contributed by atoms with Gasteiger partial charge in [0, 0.05) is 25.8 Å². The highest BCUT2D eigenvalue weighted by molar-refractivity contribution is 5.29. The standard InChI is InChI=1S/C16H27N3O2/c17-15-4-3-14(13-18-15)5-9-19(11-12-20)10-8-16(21)6-1-2-7-16/h3-4,13,20-21H,1-2,5-12H2,(H2,17,18). The van der Waals surface area contributed by atoms with Crippen molar-refractivity contribution < 1.29 is 10.2 Å². The fourth-order valence-corrected chi connectivity index (χ4v) is 3.00. The van der Waals surface area contributed by atoms with Crippen molar-refractivity contribution >= 4 is 5.82 Å². The van der Waals surface area contributed by atoms with Gasteiger partial charge in [0.15, 0.2) is 0 Å². The van der Waals surface area contributed by atoms with Crippen molar-refractivity contribution in [2.45, 2.75) is 44.1 Å². The second-order valence-corrected chi connectivity index (χ2v) is 6.09. The van der Waals surface area contributed by atoms with Crippen molar-refractivity contribution in [3.8, 4) is 0 Å². The molecule has 1 saturated carbocycles. The van der Waals surface area contributed by atoms with Gasteiger partial charge in [0.2, 0.25) is 0 Å². The normalized spacial score (nSPS) is 17.5. The number of hydrogen-bond acceptors (Lipinski definition) is 5. The Morgan fingerprint density at radius 1 is 1.19 bits per heavy atom. The minimum atomic E-state index is -0.476. The summed E-state index contributed by atoms with van der Waals surface area (Å²) in [6, 6.07) is 3.80. The number of nitrogens with two attached hydrogens (primary N) is 1. The Bertz CT molecular complexity index is 416. The monoisotopic (exact) mass is 293 g/mol. The lowest BCUT2D eigenvalue weighted by atomic mass is 9.98. The van der Waals surface area contributed by atoms with Gasteiger partial charge in [-0.3, -0.25) is 0 Å². The van der Waals surface area contributed by atoms with Crippen LogP contribution in [-0.4, -0.2) is 51.9 Å². The predicted octanol–water partition coefficient (Wildman–Crippen LogP) is 1.20. The minimum Gasteiger partial charge on any atom is -0.395 e. The highest BCUT2D eigenvalue weighted by Crippen LogP contribution is 2.32. The molecule has 21 heavy (non-hydrogen) atoms. The molecule has 0 saturated heterocycles. The highest BCUT2D eigenvalue weighted by atomic mass is 16.3. The molecule has 0 aromatic carbocycles. The molecule has 118 valence electrons. The fourth-order valence-electron chi connectivity index (χ4n) is 3.00. The topological polar surface area (TPSA) is 82.6 Å². The van der Waals surface area contributed by atoms with Gasteiger partial charge < -0.3 is 20.8 Å². The summed E-state index contributed by atoms with van der Waals surface area (Å²) in [5.74, 6) is 0.537. The molecule has 1 aromatic heterocycles. The minimum absolute atomic E-state index is 0.151. The number of nitrogen functional groups attached to an aromatic ring is 1. The van der Waals surface area contributed by atoms with Crippen molar-refractivity contribution in [1.29, 1.82) is 0 Å². The smallest absolute Gasteiger partial charge is 0.123 e. The van der Waals surface area contributed by atoms with Gasteiger partial charge in [-0.2, -0.15) is 0 Å². The van der Waals surface area contributed by atoms with Crippen LogP contribution in [0.3, 0.4) is 0 Å². The maximum atomic E-state index is 10.4. The van der Waals surface area contributed by atoms with E-state index in [2.05, 4.69) is 9.88 Å². The maximum absolute atomic E-state index is 10.4. The molecule has 2 rings (SSSR count). The van der Waals surface area contributed by atoms with Crippen LogP contribution >= 0.6 is 0 Å². The molecule has 0 aliphatic heterocycles. The van der Waals surface area contributed by atoms with E-state index in [4.69, 9.17) is 5.73 Å². The quantitative estimate of drug-likeness (QED) is 0.671. The molecule has 1 aliphatic rings. The molecule has 0 amide bonds. The van der Waals surface area contributed by atoms with Crippen LogP contribution in [0.25, 0.3) is 0 Å². The summed E-state index contributed by atoms with van der Waals surface area (Å²) in [5, 5.41) is 19.6. The Balaban J connectivity index is 1.79. The van der Waals surface area contributed by atoms with Crippen molar-refractivity contribution in [2.75, 3.05) is 32.0 Å². The number of nitrogens with zero attached hydrogens (tertiary/aromatic N) is 2. The van der Waals surface area contributed by atoms with Gasteiger partial charge in [0.05, 0.1) is 12.2 Å². The second kappa shape index (κ2) is 7.73. The zero-order valence-electron chi connectivity index (χ0n) is 12.7. The van der Waals surface area contributed by atoms with Crippen LogP contribution in [0.5, 0.6) is 0 Å². The van der Waals surface area contributed by atoms with Crippen molar-refractivity contribution in [3.63, 3.8) is 0 Å². The van der Waals surface area contributed by atoms with Gasteiger partial charge in [-0.15, -0.1) is 0 Å². The lowest BCUT2D eigenvalue weighted by Crippen LogP contribution is -2.35. The van der Waals surface area contributed by atoms with Crippen LogP contribution in [0.4, 0.5) is 5.82 Å². The first kappa shape index (κ1) is 16.2. The molecule has 0 atom stereocenters. The van der Waals surface area contributed by atoms with E-state index in [1.54, 1.807) is 6.20 Å². The van der Waals surface area contributed by atoms with Crippen LogP contribution in [-0.2, 0) is 6.42 Å². The third kappa shape index (κ3) is 5.26. The number of anilines is 1. The molecule has 5 nitrogen and oxygen atoms in total. The molecular weight excluding hydrogens is 266 g/mol. The highest BCUT2D eigenvalue weighted by Gasteiger charge is 2.30. The molecule has 1 heterocycles. The third-order valence-electron chi connectivity index (χ3n) is 4.41. The average Bonchev–Trinajstić information content (AvgIpc) is 2.91. The molecule has 5 heteroatoms. The second-order valence-electron chi connectivity index (χ2n) is 6.09. The Hall–Kier alpha value is -1.17. The van der Waals surface area contributed by atoms with Gasteiger partial charge in [-0.1, -0.05) is 18.9 Å². The zero-order chi connectivity index (χ0) is 15.1. The van der Waals surface area contributed by atoms with Gasteiger partial charge >= 0.3 is 0 Å². The van der Waals surface area contributed by atoms with E-state index >= 15 is 0 Å². The van der Waals surface area contributed by atoms with Crippen LogP contribution in [0, 0.1) is 0 Å². The first-order valence-corrected chi connectivity index (χ1v) is 7.87. The molecule has 0 bridgehead atoms. The Labute approximate surface area is 126 Å². The summed E-state index contributed by atoms with van der Waals surface area (Å²) < 4.78 is 0. The summed E-state index contributed by atoms with van der Waals surface area (Å²) in [7, 11) is 0. The maximum Gasteiger partial charge on any atom is 0.123 e. The molecule has 0 radical (unpaired) electrons. The SMILES string of the molecule is Nc1ccc(CCN(CCO)CCC2(O)CCCC2)cn1. The van der Waals surface area contributed by atoms with Gasteiger partial charge in [-0.05, 0) is 37.3 Å². The zero-order valence-corrected chi connectivity index (χ0v) is 12.7. The molecule has 0 spiro atoms. The van der Waals surface area contributed by atoms with E-state index in [9.17, 15) is 10.2 Å². The fraction of sp³-hybridized carbons (Fsp3) is 0.688. The van der Waals surface area contributed by atoms with Crippen molar-refractivity contribution in [1.82, 2.24) is 9.88 Å². The molecular formula is C16H27N3O2. The number of pyridine rings is 1. The summed E-state index contributed by atoms with van der Waals surface area (Å²) in [6.45, 7) is 2.50.